The zero-order valence-electron chi connectivity index (χ0n) is 13.3. The summed E-state index contributed by atoms with van der Waals surface area (Å²) in [5, 5.41) is 5.75. The highest BCUT2D eigenvalue weighted by Crippen LogP contribution is 2.27. The number of aryl methyl sites for hydroxylation is 1. The number of carbonyl (C=O) groups excluding carboxylic acids is 2. The number of halogens is 1. The molecule has 5 nitrogen and oxygen atoms in total. The molecule has 24 heavy (non-hydrogen) atoms. The maximum atomic E-state index is 11.9. The van der Waals surface area contributed by atoms with Crippen LogP contribution in [-0.4, -0.2) is 25.5 Å². The molecule has 2 N–H and O–H groups in total. The first-order valence-corrected chi connectivity index (χ1v) is 7.90. The van der Waals surface area contributed by atoms with Crippen LogP contribution in [0.1, 0.15) is 12.0 Å². The predicted octanol–water partition coefficient (Wildman–Crippen LogP) is 3.04. The van der Waals surface area contributed by atoms with E-state index in [1.807, 2.05) is 30.3 Å². The number of amides is 2. The molecule has 0 saturated heterocycles. The van der Waals surface area contributed by atoms with E-state index < -0.39 is 0 Å². The van der Waals surface area contributed by atoms with E-state index in [0.717, 1.165) is 5.56 Å². The standard InChI is InChI=1S/C18H19ClN2O3/c1-24-16-9-8-14(19)11-15(16)21-18(23)12-20-17(22)10-7-13-5-3-2-4-6-13/h2-6,8-9,11H,7,10,12H2,1H3,(H,20,22)(H,21,23). The van der Waals surface area contributed by atoms with E-state index in [1.165, 1.54) is 7.11 Å². The number of benzene rings is 2. The molecule has 2 amide bonds. The van der Waals surface area contributed by atoms with Crippen molar-refractivity contribution in [3.8, 4) is 5.75 Å². The minimum atomic E-state index is -0.344. The molecule has 0 aliphatic carbocycles. The molecule has 0 spiro atoms. The van der Waals surface area contributed by atoms with Gasteiger partial charge in [0.15, 0.2) is 0 Å². The number of hydrogen-bond acceptors (Lipinski definition) is 3. The van der Waals surface area contributed by atoms with E-state index in [9.17, 15) is 9.59 Å². The second-order valence-electron chi connectivity index (χ2n) is 5.16. The Bertz CT molecular complexity index is 705. The Hall–Kier alpha value is -2.53. The summed E-state index contributed by atoms with van der Waals surface area (Å²) in [7, 11) is 1.50. The third kappa shape index (κ3) is 5.59. The first-order chi connectivity index (χ1) is 11.6. The van der Waals surface area contributed by atoms with Gasteiger partial charge in [-0.1, -0.05) is 41.9 Å². The lowest BCUT2D eigenvalue weighted by molar-refractivity contribution is -0.124. The molecule has 2 aromatic rings. The molecule has 6 heteroatoms. The van der Waals surface area contributed by atoms with Crippen LogP contribution in [-0.2, 0) is 16.0 Å². The minimum Gasteiger partial charge on any atom is -0.495 e. The van der Waals surface area contributed by atoms with E-state index in [4.69, 9.17) is 16.3 Å². The Morgan fingerprint density at radius 1 is 1.08 bits per heavy atom. The summed E-state index contributed by atoms with van der Waals surface area (Å²) < 4.78 is 5.15. The summed E-state index contributed by atoms with van der Waals surface area (Å²) in [4.78, 5) is 23.8. The van der Waals surface area contributed by atoms with Gasteiger partial charge >= 0.3 is 0 Å². The fraction of sp³-hybridized carbons (Fsp3) is 0.222. The first kappa shape index (κ1) is 17.8. The Labute approximate surface area is 146 Å². The van der Waals surface area contributed by atoms with Crippen LogP contribution in [0, 0.1) is 0 Å². The summed E-state index contributed by atoms with van der Waals surface area (Å²) in [5.41, 5.74) is 1.55. The topological polar surface area (TPSA) is 67.4 Å². The van der Waals surface area contributed by atoms with Crippen LogP contribution >= 0.6 is 11.6 Å². The van der Waals surface area contributed by atoms with Gasteiger partial charge in [-0.2, -0.15) is 0 Å². The number of rotatable bonds is 7. The van der Waals surface area contributed by atoms with Crippen molar-refractivity contribution in [2.45, 2.75) is 12.8 Å². The molecule has 0 unspecified atom stereocenters. The molecule has 0 atom stereocenters. The average molecular weight is 347 g/mol. The van der Waals surface area contributed by atoms with Crippen molar-refractivity contribution < 1.29 is 14.3 Å². The third-order valence-corrected chi connectivity index (χ3v) is 3.60. The van der Waals surface area contributed by atoms with Crippen LogP contribution in [0.15, 0.2) is 48.5 Å². The highest BCUT2D eigenvalue weighted by atomic mass is 35.5. The van der Waals surface area contributed by atoms with Crippen LogP contribution in [0.5, 0.6) is 5.75 Å². The second-order valence-corrected chi connectivity index (χ2v) is 5.59. The van der Waals surface area contributed by atoms with Gasteiger partial charge < -0.3 is 15.4 Å². The minimum absolute atomic E-state index is 0.108. The van der Waals surface area contributed by atoms with Crippen molar-refractivity contribution in [3.05, 3.63) is 59.1 Å². The summed E-state index contributed by atoms with van der Waals surface area (Å²) in [6.07, 6.45) is 0.966. The second kappa shape index (κ2) is 8.93. The van der Waals surface area contributed by atoms with Gasteiger partial charge in [-0.05, 0) is 30.2 Å². The van der Waals surface area contributed by atoms with Gasteiger partial charge in [0.2, 0.25) is 11.8 Å². The van der Waals surface area contributed by atoms with Crippen LogP contribution in [0.4, 0.5) is 5.69 Å². The Kier molecular flexibility index (Phi) is 6.63. The van der Waals surface area contributed by atoms with Gasteiger partial charge in [-0.15, -0.1) is 0 Å². The number of nitrogens with one attached hydrogen (secondary N) is 2. The van der Waals surface area contributed by atoms with Crippen molar-refractivity contribution >= 4 is 29.1 Å². The number of methoxy groups -OCH3 is 1. The highest BCUT2D eigenvalue weighted by Gasteiger charge is 2.10. The van der Waals surface area contributed by atoms with E-state index in [0.29, 0.717) is 29.3 Å². The summed E-state index contributed by atoms with van der Waals surface area (Å²) in [5.74, 6) is -0.0150. The monoisotopic (exact) mass is 346 g/mol. The molecule has 0 bridgehead atoms. The Morgan fingerprint density at radius 2 is 1.83 bits per heavy atom. The quantitative estimate of drug-likeness (QED) is 0.809. The third-order valence-electron chi connectivity index (χ3n) is 3.37. The first-order valence-electron chi connectivity index (χ1n) is 7.52. The maximum Gasteiger partial charge on any atom is 0.243 e. The SMILES string of the molecule is COc1ccc(Cl)cc1NC(=O)CNC(=O)CCc1ccccc1. The molecule has 0 radical (unpaired) electrons. The highest BCUT2D eigenvalue weighted by molar-refractivity contribution is 6.31. The largest absolute Gasteiger partial charge is 0.495 e. The van der Waals surface area contributed by atoms with Gasteiger partial charge in [-0.3, -0.25) is 9.59 Å². The van der Waals surface area contributed by atoms with E-state index in [2.05, 4.69) is 10.6 Å². The molecular weight excluding hydrogens is 328 g/mol. The molecule has 0 aliphatic rings. The molecule has 2 aromatic carbocycles. The Balaban J connectivity index is 1.78. The van der Waals surface area contributed by atoms with Gasteiger partial charge in [-0.25, -0.2) is 0 Å². The zero-order chi connectivity index (χ0) is 17.4. The fourth-order valence-electron chi connectivity index (χ4n) is 2.14. The average Bonchev–Trinajstić information content (AvgIpc) is 2.59. The van der Waals surface area contributed by atoms with Gasteiger partial charge in [0.25, 0.3) is 0 Å². The number of ether oxygens (including phenoxy) is 1. The van der Waals surface area contributed by atoms with E-state index in [1.54, 1.807) is 18.2 Å². The summed E-state index contributed by atoms with van der Waals surface area (Å²) in [6.45, 7) is -0.108. The van der Waals surface area contributed by atoms with E-state index in [-0.39, 0.29) is 18.4 Å². The van der Waals surface area contributed by atoms with Crippen molar-refractivity contribution in [2.24, 2.45) is 0 Å². The zero-order valence-corrected chi connectivity index (χ0v) is 14.1. The molecule has 126 valence electrons. The molecule has 0 saturated carbocycles. The summed E-state index contributed by atoms with van der Waals surface area (Å²) in [6, 6.07) is 14.6. The smallest absolute Gasteiger partial charge is 0.243 e. The molecule has 0 fully saturated rings. The lowest BCUT2D eigenvalue weighted by Gasteiger charge is -2.11. The predicted molar refractivity (Wildman–Crippen MR) is 94.4 cm³/mol. The maximum absolute atomic E-state index is 11.9. The van der Waals surface area contributed by atoms with Gasteiger partial charge in [0.1, 0.15) is 5.75 Å². The van der Waals surface area contributed by atoms with E-state index >= 15 is 0 Å². The fourth-order valence-corrected chi connectivity index (χ4v) is 2.31. The summed E-state index contributed by atoms with van der Waals surface area (Å²) >= 11 is 5.91. The van der Waals surface area contributed by atoms with Gasteiger partial charge in [0, 0.05) is 11.4 Å². The van der Waals surface area contributed by atoms with Crippen LogP contribution in [0.3, 0.4) is 0 Å². The van der Waals surface area contributed by atoms with Gasteiger partial charge in [0.05, 0.1) is 19.3 Å². The normalized spacial score (nSPS) is 10.1. The van der Waals surface area contributed by atoms with Crippen molar-refractivity contribution in [1.82, 2.24) is 5.32 Å². The lowest BCUT2D eigenvalue weighted by Crippen LogP contribution is -2.33. The molecule has 0 aliphatic heterocycles. The molecular formula is C18H19ClN2O3. The Morgan fingerprint density at radius 3 is 2.54 bits per heavy atom. The number of anilines is 1. The molecule has 0 heterocycles. The van der Waals surface area contributed by atoms with Crippen LogP contribution in [0.25, 0.3) is 0 Å². The van der Waals surface area contributed by atoms with Crippen molar-refractivity contribution in [3.63, 3.8) is 0 Å². The van der Waals surface area contributed by atoms with Crippen LogP contribution < -0.4 is 15.4 Å². The van der Waals surface area contributed by atoms with Crippen LogP contribution in [0.2, 0.25) is 5.02 Å². The molecule has 0 aromatic heterocycles. The number of carbonyl (C=O) groups is 2. The lowest BCUT2D eigenvalue weighted by atomic mass is 10.1. The molecule has 2 rings (SSSR count). The van der Waals surface area contributed by atoms with Crippen molar-refractivity contribution in [2.75, 3.05) is 19.0 Å². The van der Waals surface area contributed by atoms with Crippen molar-refractivity contribution in [1.29, 1.82) is 0 Å². The number of hydrogen-bond donors (Lipinski definition) is 2.